The van der Waals surface area contributed by atoms with E-state index in [1.165, 1.54) is 16.2 Å². The molecule has 0 unspecified atom stereocenters. The number of fused-ring (bicyclic) bond motifs is 2. The maximum absolute atomic E-state index is 13.8. The van der Waals surface area contributed by atoms with Crippen molar-refractivity contribution >= 4 is 55.7 Å². The molecule has 4 aromatic rings. The van der Waals surface area contributed by atoms with Crippen LogP contribution in [0.1, 0.15) is 50.3 Å². The van der Waals surface area contributed by atoms with Crippen molar-refractivity contribution in [1.29, 1.82) is 0 Å². The molecule has 3 aromatic carbocycles. The van der Waals surface area contributed by atoms with Gasteiger partial charge in [0.25, 0.3) is 5.78 Å². The minimum atomic E-state index is -1.01. The molecule has 6 rings (SSSR count). The van der Waals surface area contributed by atoms with Crippen LogP contribution in [0.3, 0.4) is 0 Å². The van der Waals surface area contributed by atoms with Gasteiger partial charge in [-0.1, -0.05) is 48.8 Å². The number of ether oxygens (including phenoxy) is 4. The lowest BCUT2D eigenvalue weighted by atomic mass is 9.95. The van der Waals surface area contributed by atoms with Crippen LogP contribution in [0, 0.1) is 0 Å². The van der Waals surface area contributed by atoms with Crippen molar-refractivity contribution in [2.75, 3.05) is 31.3 Å². The van der Waals surface area contributed by atoms with Gasteiger partial charge in [0.15, 0.2) is 28.1 Å². The number of benzene rings is 3. The number of carbonyl (C=O) groups excluding carboxylic acids is 2. The number of hydrogen-bond acceptors (Lipinski definition) is 9. The number of thiazole rings is 1. The highest BCUT2D eigenvalue weighted by Crippen LogP contribution is 2.46. The predicted molar refractivity (Wildman–Crippen MR) is 169 cm³/mol. The standard InChI is InChI=1S/C33H31ClN2O7S/c1-3-5-6-13-41-23-11-7-19(16-25(23)40-4-2)29-28(30(37)20-8-12-24-26(17-20)43-15-14-42-24)31(38)32(39)36(29)33-35-22-10-9-21(34)18-27(22)44-33/h7-12,16-18,29,37H,3-6,13-15H2,1-2H3/b30-28+/t29-/m0/s1. The van der Waals surface area contributed by atoms with E-state index in [0.29, 0.717) is 76.2 Å². The number of hydrogen-bond donors (Lipinski definition) is 1. The molecular weight excluding hydrogens is 604 g/mol. The van der Waals surface area contributed by atoms with E-state index >= 15 is 0 Å². The van der Waals surface area contributed by atoms with E-state index in [1.807, 2.05) is 6.92 Å². The monoisotopic (exact) mass is 634 g/mol. The average molecular weight is 635 g/mol. The molecule has 1 atom stereocenters. The van der Waals surface area contributed by atoms with Gasteiger partial charge in [0.2, 0.25) is 0 Å². The quantitative estimate of drug-likeness (QED) is 0.0837. The van der Waals surface area contributed by atoms with E-state index < -0.39 is 17.7 Å². The summed E-state index contributed by atoms with van der Waals surface area (Å²) in [6.07, 6.45) is 3.02. The van der Waals surface area contributed by atoms with Crippen molar-refractivity contribution in [1.82, 2.24) is 4.98 Å². The van der Waals surface area contributed by atoms with Gasteiger partial charge in [0.1, 0.15) is 19.0 Å². The molecule has 2 aliphatic heterocycles. The number of amides is 1. The van der Waals surface area contributed by atoms with Gasteiger partial charge in [-0.05, 0) is 67.4 Å². The number of Topliss-reactive ketones (excluding diaryl/α,β-unsaturated/α-hetero) is 1. The van der Waals surface area contributed by atoms with Crippen LogP contribution in [0.5, 0.6) is 23.0 Å². The summed E-state index contributed by atoms with van der Waals surface area (Å²) in [5.41, 5.74) is 1.41. The SMILES string of the molecule is CCCCCOc1ccc([C@H]2/C(=C(\O)c3ccc4c(c3)OCCO4)C(=O)C(=O)N2c2nc3ccc(Cl)cc3s2)cc1OCC. The first kappa shape index (κ1) is 29.8. The Morgan fingerprint density at radius 1 is 1.00 bits per heavy atom. The minimum absolute atomic E-state index is 0.0805. The summed E-state index contributed by atoms with van der Waals surface area (Å²) in [5.74, 6) is 0.0308. The first-order valence-corrected chi connectivity index (χ1v) is 15.8. The number of aliphatic hydroxyl groups is 1. The van der Waals surface area contributed by atoms with Gasteiger partial charge >= 0.3 is 5.91 Å². The Balaban J connectivity index is 1.49. The number of unbranched alkanes of at least 4 members (excludes halogenated alkanes) is 2. The fourth-order valence-corrected chi connectivity index (χ4v) is 6.57. The van der Waals surface area contributed by atoms with E-state index in [4.69, 9.17) is 30.5 Å². The number of carbonyl (C=O) groups is 2. The summed E-state index contributed by atoms with van der Waals surface area (Å²) in [6.45, 7) is 5.68. The molecule has 1 N–H and O–H groups in total. The lowest BCUT2D eigenvalue weighted by Gasteiger charge is -2.24. The lowest BCUT2D eigenvalue weighted by molar-refractivity contribution is -0.132. The highest BCUT2D eigenvalue weighted by molar-refractivity contribution is 7.22. The zero-order valence-corrected chi connectivity index (χ0v) is 25.9. The molecule has 0 spiro atoms. The smallest absolute Gasteiger partial charge is 0.301 e. The molecule has 0 saturated carbocycles. The fraction of sp³-hybridized carbons (Fsp3) is 0.303. The van der Waals surface area contributed by atoms with Crippen molar-refractivity contribution in [3.05, 3.63) is 76.3 Å². The van der Waals surface area contributed by atoms with Crippen molar-refractivity contribution in [2.24, 2.45) is 0 Å². The summed E-state index contributed by atoms with van der Waals surface area (Å²) in [4.78, 5) is 33.5. The molecule has 3 heterocycles. The number of halogens is 1. The molecule has 2 aliphatic rings. The Kier molecular flexibility index (Phi) is 8.63. The molecular formula is C33H31ClN2O7S. The zero-order valence-electron chi connectivity index (χ0n) is 24.3. The second-order valence-electron chi connectivity index (χ2n) is 10.3. The van der Waals surface area contributed by atoms with Crippen LogP contribution in [0.25, 0.3) is 16.0 Å². The van der Waals surface area contributed by atoms with Crippen molar-refractivity contribution in [2.45, 2.75) is 39.2 Å². The van der Waals surface area contributed by atoms with Crippen LogP contribution >= 0.6 is 22.9 Å². The van der Waals surface area contributed by atoms with Gasteiger partial charge < -0.3 is 24.1 Å². The highest BCUT2D eigenvalue weighted by Gasteiger charge is 2.48. The number of aliphatic hydroxyl groups excluding tert-OH is 1. The molecule has 0 bridgehead atoms. The summed E-state index contributed by atoms with van der Waals surface area (Å²) >= 11 is 7.46. The molecule has 1 saturated heterocycles. The molecule has 44 heavy (non-hydrogen) atoms. The largest absolute Gasteiger partial charge is 0.507 e. The number of rotatable bonds is 10. The van der Waals surface area contributed by atoms with Crippen LogP contribution < -0.4 is 23.8 Å². The average Bonchev–Trinajstić information content (AvgIpc) is 3.56. The molecule has 0 aliphatic carbocycles. The third kappa shape index (κ3) is 5.67. The Bertz CT molecular complexity index is 1770. The normalized spacial score (nSPS) is 17.3. The van der Waals surface area contributed by atoms with Crippen molar-refractivity contribution in [3.63, 3.8) is 0 Å². The molecule has 228 valence electrons. The van der Waals surface area contributed by atoms with Gasteiger partial charge in [-0.2, -0.15) is 0 Å². The zero-order chi connectivity index (χ0) is 30.8. The topological polar surface area (TPSA) is 107 Å². The summed E-state index contributed by atoms with van der Waals surface area (Å²) in [7, 11) is 0. The minimum Gasteiger partial charge on any atom is -0.507 e. The molecule has 11 heteroatoms. The Morgan fingerprint density at radius 3 is 2.61 bits per heavy atom. The Hall–Kier alpha value is -4.28. The van der Waals surface area contributed by atoms with Gasteiger partial charge in [0.05, 0.1) is 35.0 Å². The second-order valence-corrected chi connectivity index (χ2v) is 11.8. The first-order chi connectivity index (χ1) is 21.4. The molecule has 9 nitrogen and oxygen atoms in total. The summed E-state index contributed by atoms with van der Waals surface area (Å²) in [5, 5.41) is 12.5. The highest BCUT2D eigenvalue weighted by atomic mass is 35.5. The van der Waals surface area contributed by atoms with Crippen LogP contribution in [-0.4, -0.2) is 48.2 Å². The lowest BCUT2D eigenvalue weighted by Crippen LogP contribution is -2.29. The third-order valence-electron chi connectivity index (χ3n) is 7.39. The summed E-state index contributed by atoms with van der Waals surface area (Å²) < 4.78 is 24.0. The van der Waals surface area contributed by atoms with Crippen molar-refractivity contribution in [3.8, 4) is 23.0 Å². The van der Waals surface area contributed by atoms with E-state index in [9.17, 15) is 14.7 Å². The number of aromatic nitrogens is 1. The van der Waals surface area contributed by atoms with Gasteiger partial charge in [-0.3, -0.25) is 14.5 Å². The maximum atomic E-state index is 13.8. The van der Waals surface area contributed by atoms with Crippen LogP contribution in [0.4, 0.5) is 5.13 Å². The van der Waals surface area contributed by atoms with Crippen LogP contribution in [0.15, 0.2) is 60.2 Å². The van der Waals surface area contributed by atoms with E-state index in [-0.39, 0.29) is 11.3 Å². The second kappa shape index (κ2) is 12.8. The fourth-order valence-electron chi connectivity index (χ4n) is 5.30. The van der Waals surface area contributed by atoms with E-state index in [1.54, 1.807) is 54.6 Å². The Morgan fingerprint density at radius 2 is 1.82 bits per heavy atom. The number of ketones is 1. The molecule has 1 amide bonds. The van der Waals surface area contributed by atoms with Crippen LogP contribution in [0.2, 0.25) is 5.02 Å². The maximum Gasteiger partial charge on any atom is 0.301 e. The van der Waals surface area contributed by atoms with E-state index in [2.05, 4.69) is 11.9 Å². The van der Waals surface area contributed by atoms with Gasteiger partial charge in [-0.25, -0.2) is 4.98 Å². The molecule has 0 radical (unpaired) electrons. The first-order valence-electron chi connectivity index (χ1n) is 14.6. The third-order valence-corrected chi connectivity index (χ3v) is 8.65. The van der Waals surface area contributed by atoms with E-state index in [0.717, 1.165) is 24.0 Å². The van der Waals surface area contributed by atoms with Crippen LogP contribution in [-0.2, 0) is 9.59 Å². The van der Waals surface area contributed by atoms with Crippen molar-refractivity contribution < 1.29 is 33.6 Å². The number of nitrogens with zero attached hydrogens (tertiary/aromatic N) is 2. The number of anilines is 1. The molecule has 1 fully saturated rings. The Labute approximate surface area is 263 Å². The predicted octanol–water partition coefficient (Wildman–Crippen LogP) is 7.31. The van der Waals surface area contributed by atoms with Gasteiger partial charge in [0, 0.05) is 10.6 Å². The summed E-state index contributed by atoms with van der Waals surface area (Å²) in [6, 6.07) is 14.4. The molecule has 1 aromatic heterocycles. The van der Waals surface area contributed by atoms with Gasteiger partial charge in [-0.15, -0.1) is 0 Å².